The molecule has 2 amide bonds. The van der Waals surface area contributed by atoms with Gasteiger partial charge in [-0.15, -0.1) is 0 Å². The van der Waals surface area contributed by atoms with Gasteiger partial charge in [-0.3, -0.25) is 0 Å². The predicted molar refractivity (Wildman–Crippen MR) is 65.3 cm³/mol. The minimum absolute atomic E-state index is 0.274. The molecule has 0 aliphatic rings. The molecule has 2 aromatic rings. The summed E-state index contributed by atoms with van der Waals surface area (Å²) in [6.45, 7) is 0.404. The van der Waals surface area contributed by atoms with Gasteiger partial charge in [-0.25, -0.2) is 9.78 Å². The second-order valence-corrected chi connectivity index (χ2v) is 3.51. The van der Waals surface area contributed by atoms with Crippen molar-refractivity contribution in [3.05, 3.63) is 42.5 Å². The van der Waals surface area contributed by atoms with E-state index in [0.717, 1.165) is 5.69 Å². The van der Waals surface area contributed by atoms with Gasteiger partial charge in [0.2, 0.25) is 0 Å². The molecule has 0 saturated heterocycles. The smallest absolute Gasteiger partial charge is 0.319 e. The molecule has 0 fully saturated rings. The maximum absolute atomic E-state index is 11.5. The van der Waals surface area contributed by atoms with Gasteiger partial charge >= 0.3 is 6.03 Å². The molecule has 0 atom stereocenters. The number of rotatable bonds is 3. The van der Waals surface area contributed by atoms with Crippen molar-refractivity contribution in [1.82, 2.24) is 15.3 Å². The molecule has 1 aromatic carbocycles. The highest BCUT2D eigenvalue weighted by molar-refractivity contribution is 5.89. The summed E-state index contributed by atoms with van der Waals surface area (Å²) in [5, 5.41) is 5.39. The van der Waals surface area contributed by atoms with E-state index in [2.05, 4.69) is 20.6 Å². The van der Waals surface area contributed by atoms with Crippen molar-refractivity contribution < 1.29 is 4.79 Å². The Balaban J connectivity index is 1.83. The number of nitrogens with zero attached hydrogens (tertiary/aromatic N) is 1. The number of H-pyrrole nitrogens is 1. The first kappa shape index (κ1) is 11.0. The number of aromatic amines is 1. The van der Waals surface area contributed by atoms with Crippen molar-refractivity contribution in [1.29, 1.82) is 0 Å². The Kier molecular flexibility index (Phi) is 3.25. The van der Waals surface area contributed by atoms with Crippen LogP contribution >= 0.6 is 0 Å². The third-order valence-corrected chi connectivity index (χ3v) is 2.16. The Labute approximate surface area is 98.2 Å². The van der Waals surface area contributed by atoms with Gasteiger partial charge in [0.05, 0.1) is 18.6 Å². The van der Waals surface area contributed by atoms with E-state index >= 15 is 0 Å². The maximum Gasteiger partial charge on any atom is 0.319 e. The Hall–Kier alpha value is -2.50. The average molecular weight is 231 g/mol. The summed E-state index contributed by atoms with van der Waals surface area (Å²) in [4.78, 5) is 18.3. The van der Waals surface area contributed by atoms with E-state index in [1.165, 1.54) is 0 Å². The molecule has 0 aliphatic heterocycles. The van der Waals surface area contributed by atoms with Crippen LogP contribution in [0.4, 0.5) is 16.2 Å². The molecule has 6 heteroatoms. The molecule has 0 bridgehead atoms. The Morgan fingerprint density at radius 1 is 1.35 bits per heavy atom. The molecule has 0 aliphatic carbocycles. The van der Waals surface area contributed by atoms with Crippen molar-refractivity contribution in [2.75, 3.05) is 11.1 Å². The minimum atomic E-state index is -0.274. The lowest BCUT2D eigenvalue weighted by Crippen LogP contribution is -2.28. The van der Waals surface area contributed by atoms with Crippen LogP contribution in [0.1, 0.15) is 5.69 Å². The molecule has 0 spiro atoms. The zero-order chi connectivity index (χ0) is 12.1. The van der Waals surface area contributed by atoms with Crippen LogP contribution in [0.25, 0.3) is 0 Å². The van der Waals surface area contributed by atoms with E-state index in [9.17, 15) is 4.79 Å². The van der Waals surface area contributed by atoms with Crippen LogP contribution in [0.5, 0.6) is 0 Å². The molecular weight excluding hydrogens is 218 g/mol. The van der Waals surface area contributed by atoms with Crippen molar-refractivity contribution in [3.8, 4) is 0 Å². The monoisotopic (exact) mass is 231 g/mol. The average Bonchev–Trinajstić information content (AvgIpc) is 2.83. The lowest BCUT2D eigenvalue weighted by Gasteiger charge is -2.06. The van der Waals surface area contributed by atoms with Gasteiger partial charge in [0.25, 0.3) is 0 Å². The van der Waals surface area contributed by atoms with Crippen LogP contribution in [0.3, 0.4) is 0 Å². The molecule has 2 rings (SSSR count). The fraction of sp³-hybridized carbons (Fsp3) is 0.0909. The molecular formula is C11H13N5O. The lowest BCUT2D eigenvalue weighted by molar-refractivity contribution is 0.251. The summed E-state index contributed by atoms with van der Waals surface area (Å²) < 4.78 is 0. The summed E-state index contributed by atoms with van der Waals surface area (Å²) in [7, 11) is 0. The van der Waals surface area contributed by atoms with E-state index < -0.39 is 0 Å². The van der Waals surface area contributed by atoms with Gasteiger partial charge in [-0.05, 0) is 24.3 Å². The number of benzene rings is 1. The number of nitrogens with two attached hydrogens (primary N) is 1. The van der Waals surface area contributed by atoms with Crippen LogP contribution in [0.15, 0.2) is 36.8 Å². The number of anilines is 2. The number of nitrogen functional groups attached to an aromatic ring is 1. The third-order valence-electron chi connectivity index (χ3n) is 2.16. The second kappa shape index (κ2) is 5.02. The van der Waals surface area contributed by atoms with E-state index in [0.29, 0.717) is 17.9 Å². The predicted octanol–water partition coefficient (Wildman–Crippen LogP) is 1.31. The number of nitrogens with one attached hydrogen (secondary N) is 3. The largest absolute Gasteiger partial charge is 0.399 e. The van der Waals surface area contributed by atoms with Gasteiger partial charge < -0.3 is 21.4 Å². The summed E-state index contributed by atoms with van der Waals surface area (Å²) in [6.07, 6.45) is 3.22. The molecule has 17 heavy (non-hydrogen) atoms. The van der Waals surface area contributed by atoms with E-state index in [4.69, 9.17) is 5.73 Å². The van der Waals surface area contributed by atoms with Gasteiger partial charge in [0.1, 0.15) is 0 Å². The first-order valence-corrected chi connectivity index (χ1v) is 5.12. The molecule has 0 saturated carbocycles. The molecule has 88 valence electrons. The number of carbonyl (C=O) groups is 1. The fourth-order valence-electron chi connectivity index (χ4n) is 1.30. The van der Waals surface area contributed by atoms with Crippen LogP contribution in [-0.4, -0.2) is 16.0 Å². The van der Waals surface area contributed by atoms with E-state index in [-0.39, 0.29) is 6.03 Å². The summed E-state index contributed by atoms with van der Waals surface area (Å²) >= 11 is 0. The quantitative estimate of drug-likeness (QED) is 0.600. The standard InChI is InChI=1S/C11H13N5O/c12-8-1-3-9(4-2-8)16-11(17)14-6-10-5-13-7-15-10/h1-5,7H,6,12H2,(H,13,15)(H2,14,16,17). The molecule has 6 nitrogen and oxygen atoms in total. The Morgan fingerprint density at radius 2 is 2.12 bits per heavy atom. The van der Waals surface area contributed by atoms with Crippen molar-refractivity contribution in [2.24, 2.45) is 0 Å². The van der Waals surface area contributed by atoms with Crippen molar-refractivity contribution in [2.45, 2.75) is 6.54 Å². The topological polar surface area (TPSA) is 95.8 Å². The van der Waals surface area contributed by atoms with E-state index in [1.54, 1.807) is 36.8 Å². The summed E-state index contributed by atoms with van der Waals surface area (Å²) in [6, 6.07) is 6.66. The number of hydrogen-bond acceptors (Lipinski definition) is 3. The van der Waals surface area contributed by atoms with Crippen LogP contribution in [0.2, 0.25) is 0 Å². The van der Waals surface area contributed by atoms with Crippen molar-refractivity contribution >= 4 is 17.4 Å². The van der Waals surface area contributed by atoms with Crippen molar-refractivity contribution in [3.63, 3.8) is 0 Å². The normalized spacial score (nSPS) is 9.88. The number of amides is 2. The second-order valence-electron chi connectivity index (χ2n) is 3.51. The highest BCUT2D eigenvalue weighted by Gasteiger charge is 2.01. The van der Waals surface area contributed by atoms with Gasteiger partial charge in [0.15, 0.2) is 0 Å². The zero-order valence-corrected chi connectivity index (χ0v) is 9.10. The molecule has 0 radical (unpaired) electrons. The lowest BCUT2D eigenvalue weighted by atomic mass is 10.3. The van der Waals surface area contributed by atoms with E-state index in [1.807, 2.05) is 0 Å². The van der Waals surface area contributed by atoms with Gasteiger partial charge in [-0.1, -0.05) is 0 Å². The molecule has 5 N–H and O–H groups in total. The van der Waals surface area contributed by atoms with Crippen LogP contribution < -0.4 is 16.4 Å². The molecule has 0 unspecified atom stereocenters. The summed E-state index contributed by atoms with van der Waals surface area (Å²) in [5.41, 5.74) is 7.74. The number of carbonyl (C=O) groups excluding carboxylic acids is 1. The highest BCUT2D eigenvalue weighted by Crippen LogP contribution is 2.09. The van der Waals surface area contributed by atoms with Crippen LogP contribution in [0, 0.1) is 0 Å². The SMILES string of the molecule is Nc1ccc(NC(=O)NCc2cnc[nH]2)cc1. The van der Waals surface area contributed by atoms with Gasteiger partial charge in [-0.2, -0.15) is 0 Å². The van der Waals surface area contributed by atoms with Gasteiger partial charge in [0, 0.05) is 17.6 Å². The first-order chi connectivity index (χ1) is 8.24. The number of imidazole rings is 1. The minimum Gasteiger partial charge on any atom is -0.399 e. The first-order valence-electron chi connectivity index (χ1n) is 5.12. The Morgan fingerprint density at radius 3 is 2.76 bits per heavy atom. The maximum atomic E-state index is 11.5. The molecule has 1 aromatic heterocycles. The highest BCUT2D eigenvalue weighted by atomic mass is 16.2. The fourth-order valence-corrected chi connectivity index (χ4v) is 1.30. The third kappa shape index (κ3) is 3.23. The zero-order valence-electron chi connectivity index (χ0n) is 9.10. The summed E-state index contributed by atoms with van der Waals surface area (Å²) in [5.74, 6) is 0. The van der Waals surface area contributed by atoms with Crippen LogP contribution in [-0.2, 0) is 6.54 Å². The molecule has 1 heterocycles. The number of urea groups is 1. The number of aromatic nitrogens is 2. The Bertz CT molecular complexity index is 477. The number of hydrogen-bond donors (Lipinski definition) is 4.